The Balaban J connectivity index is 3.22. The third kappa shape index (κ3) is 21.7. The van der Waals surface area contributed by atoms with Gasteiger partial charge in [-0.05, 0) is 46.0 Å². The Morgan fingerprint density at radius 1 is 0.724 bits per heavy atom. The summed E-state index contributed by atoms with van der Waals surface area (Å²) in [6.45, 7) is 5.65. The summed E-state index contributed by atoms with van der Waals surface area (Å²) in [7, 11) is 0. The van der Waals surface area contributed by atoms with E-state index >= 15 is 0 Å². The second kappa shape index (κ2) is 21.9. The molecule has 0 spiro atoms. The van der Waals surface area contributed by atoms with E-state index in [1.165, 1.54) is 96.3 Å². The highest BCUT2D eigenvalue weighted by Crippen LogP contribution is 2.13. The van der Waals surface area contributed by atoms with Crippen molar-refractivity contribution in [3.63, 3.8) is 0 Å². The molecule has 172 valence electrons. The topological polar surface area (TPSA) is 46.5 Å². The smallest absolute Gasteiger partial charge is 0.306 e. The summed E-state index contributed by atoms with van der Waals surface area (Å²) in [6, 6.07) is 0. The summed E-state index contributed by atoms with van der Waals surface area (Å²) in [4.78, 5) is 11.6. The molecule has 0 aliphatic carbocycles. The molecular formula is C26H50O3. The summed E-state index contributed by atoms with van der Waals surface area (Å²) in [5.74, 6) is -0.181. The Morgan fingerprint density at radius 2 is 1.14 bits per heavy atom. The van der Waals surface area contributed by atoms with E-state index in [-0.39, 0.29) is 5.97 Å². The van der Waals surface area contributed by atoms with Gasteiger partial charge in [0.05, 0.1) is 6.10 Å². The number of carbonyl (C=O) groups excluding carboxylic acids is 1. The third-order valence-electron chi connectivity index (χ3n) is 5.64. The first-order chi connectivity index (χ1) is 14.1. The summed E-state index contributed by atoms with van der Waals surface area (Å²) in [5.41, 5.74) is 0. The predicted molar refractivity (Wildman–Crippen MR) is 125 cm³/mol. The molecule has 0 aromatic heterocycles. The van der Waals surface area contributed by atoms with Crippen molar-refractivity contribution < 1.29 is 14.6 Å². The quantitative estimate of drug-likeness (QED) is 0.119. The number of aliphatic hydroxyl groups excluding tert-OH is 1. The van der Waals surface area contributed by atoms with Gasteiger partial charge >= 0.3 is 5.97 Å². The second-order valence-corrected chi connectivity index (χ2v) is 8.68. The molecule has 2 unspecified atom stereocenters. The number of ether oxygens (including phenoxy) is 1. The molecule has 0 saturated carbocycles. The van der Waals surface area contributed by atoms with Gasteiger partial charge in [-0.1, -0.05) is 96.1 Å². The van der Waals surface area contributed by atoms with E-state index in [9.17, 15) is 9.90 Å². The van der Waals surface area contributed by atoms with E-state index in [4.69, 9.17) is 4.74 Å². The lowest BCUT2D eigenvalue weighted by molar-refractivity contribution is -0.153. The van der Waals surface area contributed by atoms with Crippen molar-refractivity contribution in [3.05, 3.63) is 12.2 Å². The number of allylic oxidation sites excluding steroid dienone is 2. The van der Waals surface area contributed by atoms with Gasteiger partial charge in [0.25, 0.3) is 0 Å². The average Bonchev–Trinajstić information content (AvgIpc) is 2.69. The van der Waals surface area contributed by atoms with Crippen LogP contribution >= 0.6 is 0 Å². The summed E-state index contributed by atoms with van der Waals surface area (Å²) >= 11 is 0. The van der Waals surface area contributed by atoms with E-state index in [1.807, 2.05) is 0 Å². The first-order valence-corrected chi connectivity index (χ1v) is 12.6. The van der Waals surface area contributed by atoms with Crippen LogP contribution in [0.3, 0.4) is 0 Å². The van der Waals surface area contributed by atoms with Gasteiger partial charge in [0.15, 0.2) is 0 Å². The van der Waals surface area contributed by atoms with Crippen LogP contribution in [0.1, 0.15) is 136 Å². The van der Waals surface area contributed by atoms with E-state index in [1.54, 1.807) is 13.8 Å². The minimum absolute atomic E-state index is 0.181. The molecule has 0 fully saturated rings. The molecule has 0 aliphatic heterocycles. The van der Waals surface area contributed by atoms with Crippen LogP contribution in [0.4, 0.5) is 0 Å². The van der Waals surface area contributed by atoms with Crippen molar-refractivity contribution in [1.82, 2.24) is 0 Å². The fraction of sp³-hybridized carbons (Fsp3) is 0.885. The lowest BCUT2D eigenvalue weighted by Crippen LogP contribution is -2.25. The molecular weight excluding hydrogens is 360 g/mol. The molecule has 1 N–H and O–H groups in total. The first kappa shape index (κ1) is 28.2. The van der Waals surface area contributed by atoms with Crippen molar-refractivity contribution in [1.29, 1.82) is 0 Å². The highest BCUT2D eigenvalue weighted by Gasteiger charge is 2.13. The Hall–Kier alpha value is -0.830. The Bertz CT molecular complexity index is 376. The molecule has 0 amide bonds. The fourth-order valence-corrected chi connectivity index (χ4v) is 3.41. The lowest BCUT2D eigenvalue weighted by Gasteiger charge is -2.15. The molecule has 0 rings (SSSR count). The molecule has 29 heavy (non-hydrogen) atoms. The fourth-order valence-electron chi connectivity index (χ4n) is 3.41. The van der Waals surface area contributed by atoms with Crippen LogP contribution in [0.2, 0.25) is 0 Å². The van der Waals surface area contributed by atoms with Gasteiger partial charge in [0.1, 0.15) is 6.10 Å². The Labute approximate surface area is 181 Å². The van der Waals surface area contributed by atoms with Crippen LogP contribution in [0, 0.1) is 0 Å². The molecule has 0 aliphatic rings. The van der Waals surface area contributed by atoms with Crippen LogP contribution in [0.15, 0.2) is 12.2 Å². The van der Waals surface area contributed by atoms with Gasteiger partial charge in [-0.25, -0.2) is 0 Å². The maximum atomic E-state index is 11.6. The number of esters is 1. The minimum Gasteiger partial charge on any atom is -0.460 e. The second-order valence-electron chi connectivity index (χ2n) is 8.68. The van der Waals surface area contributed by atoms with E-state index in [2.05, 4.69) is 19.1 Å². The molecule has 2 atom stereocenters. The van der Waals surface area contributed by atoms with Crippen LogP contribution in [-0.4, -0.2) is 23.3 Å². The maximum absolute atomic E-state index is 11.6. The molecule has 0 aromatic carbocycles. The van der Waals surface area contributed by atoms with Crippen LogP contribution in [-0.2, 0) is 9.53 Å². The number of rotatable bonds is 21. The van der Waals surface area contributed by atoms with Gasteiger partial charge in [-0.2, -0.15) is 0 Å². The molecule has 0 aromatic rings. The van der Waals surface area contributed by atoms with E-state index in [0.717, 1.165) is 12.8 Å². The van der Waals surface area contributed by atoms with Gasteiger partial charge in [0, 0.05) is 6.42 Å². The summed E-state index contributed by atoms with van der Waals surface area (Å²) in [5, 5.41) is 9.32. The van der Waals surface area contributed by atoms with Crippen molar-refractivity contribution in [2.45, 2.75) is 149 Å². The SMILES string of the molecule is CCCCCCCCC=CCCCCCCCCCCCC(=O)OC(C)C(C)O. The van der Waals surface area contributed by atoms with Gasteiger partial charge in [0.2, 0.25) is 0 Å². The Kier molecular flexibility index (Phi) is 21.2. The molecule has 3 nitrogen and oxygen atoms in total. The highest BCUT2D eigenvalue weighted by molar-refractivity contribution is 5.69. The standard InChI is InChI=1S/C26H50O3/c1-4-5-6-7-8-9-10-11-12-13-14-15-16-17-18-19-20-21-22-23-26(28)29-25(3)24(2)27/h11-12,24-25,27H,4-10,13-23H2,1-3H3. The van der Waals surface area contributed by atoms with Crippen LogP contribution in [0.25, 0.3) is 0 Å². The summed E-state index contributed by atoms with van der Waals surface area (Å²) in [6.07, 6.45) is 26.3. The van der Waals surface area contributed by atoms with Crippen LogP contribution in [0.5, 0.6) is 0 Å². The zero-order valence-electron chi connectivity index (χ0n) is 19.8. The summed E-state index contributed by atoms with van der Waals surface area (Å²) < 4.78 is 5.16. The largest absolute Gasteiger partial charge is 0.460 e. The molecule has 0 bridgehead atoms. The Morgan fingerprint density at radius 3 is 1.59 bits per heavy atom. The zero-order valence-corrected chi connectivity index (χ0v) is 19.8. The monoisotopic (exact) mass is 410 g/mol. The normalized spacial score (nSPS) is 13.7. The predicted octanol–water partition coefficient (Wildman–Crippen LogP) is 7.90. The lowest BCUT2D eigenvalue weighted by atomic mass is 10.1. The molecule has 0 saturated heterocycles. The third-order valence-corrected chi connectivity index (χ3v) is 5.64. The molecule has 0 radical (unpaired) electrons. The van der Waals surface area contributed by atoms with Crippen molar-refractivity contribution in [2.24, 2.45) is 0 Å². The number of unbranched alkanes of at least 4 members (excludes halogenated alkanes) is 15. The van der Waals surface area contributed by atoms with E-state index < -0.39 is 12.2 Å². The maximum Gasteiger partial charge on any atom is 0.306 e. The number of carbonyl (C=O) groups is 1. The zero-order chi connectivity index (χ0) is 21.6. The van der Waals surface area contributed by atoms with Crippen molar-refractivity contribution in [3.8, 4) is 0 Å². The van der Waals surface area contributed by atoms with E-state index in [0.29, 0.717) is 6.42 Å². The van der Waals surface area contributed by atoms with Crippen molar-refractivity contribution >= 4 is 5.97 Å². The molecule has 3 heteroatoms. The number of hydrogen-bond donors (Lipinski definition) is 1. The number of hydrogen-bond acceptors (Lipinski definition) is 3. The minimum atomic E-state index is -0.597. The van der Waals surface area contributed by atoms with Crippen molar-refractivity contribution in [2.75, 3.05) is 0 Å². The van der Waals surface area contributed by atoms with Gasteiger partial charge in [-0.3, -0.25) is 4.79 Å². The van der Waals surface area contributed by atoms with Gasteiger partial charge in [-0.15, -0.1) is 0 Å². The first-order valence-electron chi connectivity index (χ1n) is 12.6. The van der Waals surface area contributed by atoms with Gasteiger partial charge < -0.3 is 9.84 Å². The number of aliphatic hydroxyl groups is 1. The average molecular weight is 411 g/mol. The molecule has 0 heterocycles. The highest BCUT2D eigenvalue weighted by atomic mass is 16.6. The van der Waals surface area contributed by atoms with Crippen LogP contribution < -0.4 is 0 Å².